The fraction of sp³-hybridized carbons (Fsp3) is 0.714. The lowest BCUT2D eigenvalue weighted by atomic mass is 10.7. The Labute approximate surface area is 76.1 Å². The molecular formula is C7H14O2S2. The largest absolute Gasteiger partial charge is 0.396 e. The summed E-state index contributed by atoms with van der Waals surface area (Å²) in [6.45, 7) is 4.24. The van der Waals surface area contributed by atoms with Crippen LogP contribution in [-0.2, 0) is 0 Å². The Morgan fingerprint density at radius 2 is 1.82 bits per heavy atom. The third-order valence-corrected chi connectivity index (χ3v) is 3.04. The summed E-state index contributed by atoms with van der Waals surface area (Å²) in [4.78, 5) is 1.07. The molecule has 11 heavy (non-hydrogen) atoms. The Balaban J connectivity index is 3.09. The maximum atomic E-state index is 8.48. The molecule has 0 spiro atoms. The molecule has 0 aliphatic carbocycles. The van der Waals surface area contributed by atoms with Crippen LogP contribution in [0.25, 0.3) is 0 Å². The van der Waals surface area contributed by atoms with E-state index in [1.54, 1.807) is 23.5 Å². The minimum atomic E-state index is 0.203. The van der Waals surface area contributed by atoms with Gasteiger partial charge < -0.3 is 10.2 Å². The van der Waals surface area contributed by atoms with Crippen molar-refractivity contribution in [2.45, 2.75) is 0 Å². The summed E-state index contributed by atoms with van der Waals surface area (Å²) in [5, 5.41) is 16.9. The monoisotopic (exact) mass is 194 g/mol. The standard InChI is InChI=1S/C7H14O2S2/c1-7(11-5-3-9)6-10-4-2-8/h8-9H,1-6H2. The van der Waals surface area contributed by atoms with Gasteiger partial charge in [-0.3, -0.25) is 0 Å². The molecule has 0 saturated heterocycles. The summed E-state index contributed by atoms with van der Waals surface area (Å²) in [5.74, 6) is 2.35. The number of aliphatic hydroxyl groups excluding tert-OH is 2. The molecule has 4 heteroatoms. The van der Waals surface area contributed by atoms with Crippen LogP contribution in [0.4, 0.5) is 0 Å². The molecule has 2 N–H and O–H groups in total. The minimum absolute atomic E-state index is 0.203. The molecule has 0 aromatic carbocycles. The zero-order valence-electron chi connectivity index (χ0n) is 6.45. The number of rotatable bonds is 7. The van der Waals surface area contributed by atoms with Gasteiger partial charge in [-0.15, -0.1) is 11.8 Å². The third-order valence-electron chi connectivity index (χ3n) is 0.896. The van der Waals surface area contributed by atoms with Crippen LogP contribution in [0.3, 0.4) is 0 Å². The first-order valence-corrected chi connectivity index (χ1v) is 5.55. The fourth-order valence-corrected chi connectivity index (χ4v) is 1.95. The third kappa shape index (κ3) is 8.26. The minimum Gasteiger partial charge on any atom is -0.396 e. The Bertz CT molecular complexity index is 107. The maximum absolute atomic E-state index is 8.48. The second-order valence-electron chi connectivity index (χ2n) is 1.89. The molecule has 0 aromatic rings. The molecule has 2 nitrogen and oxygen atoms in total. The van der Waals surface area contributed by atoms with Gasteiger partial charge in [-0.25, -0.2) is 0 Å². The first-order valence-electron chi connectivity index (χ1n) is 3.41. The van der Waals surface area contributed by atoms with Gasteiger partial charge in [0.2, 0.25) is 0 Å². The van der Waals surface area contributed by atoms with Gasteiger partial charge in [0, 0.05) is 17.3 Å². The van der Waals surface area contributed by atoms with Crippen molar-refractivity contribution >= 4 is 23.5 Å². The highest BCUT2D eigenvalue weighted by molar-refractivity contribution is 8.05. The zero-order chi connectivity index (χ0) is 8.53. The molecule has 0 fully saturated rings. The zero-order valence-corrected chi connectivity index (χ0v) is 8.09. The summed E-state index contributed by atoms with van der Waals surface area (Å²) in [6.07, 6.45) is 0. The Kier molecular flexibility index (Phi) is 8.73. The highest BCUT2D eigenvalue weighted by Gasteiger charge is 1.94. The van der Waals surface area contributed by atoms with E-state index in [0.717, 1.165) is 22.2 Å². The lowest BCUT2D eigenvalue weighted by Gasteiger charge is -2.02. The van der Waals surface area contributed by atoms with Gasteiger partial charge >= 0.3 is 0 Å². The van der Waals surface area contributed by atoms with Gasteiger partial charge in [-0.05, 0) is 4.91 Å². The summed E-state index contributed by atoms with van der Waals surface area (Å²) in [5.41, 5.74) is 0. The van der Waals surface area contributed by atoms with E-state index in [1.165, 1.54) is 0 Å². The lowest BCUT2D eigenvalue weighted by molar-refractivity contribution is 0.322. The van der Waals surface area contributed by atoms with Gasteiger partial charge in [-0.2, -0.15) is 11.8 Å². The highest BCUT2D eigenvalue weighted by Crippen LogP contribution is 2.17. The van der Waals surface area contributed by atoms with Gasteiger partial charge in [0.15, 0.2) is 0 Å². The van der Waals surface area contributed by atoms with Crippen molar-refractivity contribution in [1.29, 1.82) is 0 Å². The van der Waals surface area contributed by atoms with Crippen molar-refractivity contribution in [2.75, 3.05) is 30.5 Å². The van der Waals surface area contributed by atoms with E-state index < -0.39 is 0 Å². The van der Waals surface area contributed by atoms with Crippen LogP contribution in [-0.4, -0.2) is 40.7 Å². The van der Waals surface area contributed by atoms with E-state index >= 15 is 0 Å². The number of hydrogen-bond donors (Lipinski definition) is 2. The van der Waals surface area contributed by atoms with E-state index in [-0.39, 0.29) is 13.2 Å². The van der Waals surface area contributed by atoms with Gasteiger partial charge in [-0.1, -0.05) is 6.58 Å². The van der Waals surface area contributed by atoms with Crippen LogP contribution in [0.5, 0.6) is 0 Å². The molecular weight excluding hydrogens is 180 g/mol. The summed E-state index contributed by atoms with van der Waals surface area (Å²) >= 11 is 3.24. The van der Waals surface area contributed by atoms with Crippen LogP contribution < -0.4 is 0 Å². The van der Waals surface area contributed by atoms with Crippen molar-refractivity contribution in [3.05, 3.63) is 11.5 Å². The number of hydrogen-bond acceptors (Lipinski definition) is 4. The van der Waals surface area contributed by atoms with Crippen LogP contribution in [0.1, 0.15) is 0 Å². The van der Waals surface area contributed by atoms with Crippen LogP contribution in [0.15, 0.2) is 11.5 Å². The molecule has 0 radical (unpaired) electrons. The summed E-state index contributed by atoms with van der Waals surface area (Å²) in [7, 11) is 0. The lowest BCUT2D eigenvalue weighted by Crippen LogP contribution is -1.91. The fourth-order valence-electron chi connectivity index (χ4n) is 0.482. The molecule has 0 aromatic heterocycles. The van der Waals surface area contributed by atoms with E-state index in [0.29, 0.717) is 0 Å². The van der Waals surface area contributed by atoms with Crippen LogP contribution >= 0.6 is 23.5 Å². The highest BCUT2D eigenvalue weighted by atomic mass is 32.2. The Morgan fingerprint density at radius 1 is 1.18 bits per heavy atom. The quantitative estimate of drug-likeness (QED) is 0.592. The number of aliphatic hydroxyl groups is 2. The predicted molar refractivity (Wildman–Crippen MR) is 53.1 cm³/mol. The average molecular weight is 194 g/mol. The van der Waals surface area contributed by atoms with Crippen molar-refractivity contribution in [1.82, 2.24) is 0 Å². The van der Waals surface area contributed by atoms with Crippen molar-refractivity contribution in [3.8, 4) is 0 Å². The summed E-state index contributed by atoms with van der Waals surface area (Å²) < 4.78 is 0. The molecule has 0 saturated carbocycles. The van der Waals surface area contributed by atoms with Gasteiger partial charge in [0.1, 0.15) is 0 Å². The molecule has 0 heterocycles. The van der Waals surface area contributed by atoms with Crippen LogP contribution in [0, 0.1) is 0 Å². The van der Waals surface area contributed by atoms with Crippen molar-refractivity contribution in [2.24, 2.45) is 0 Å². The van der Waals surface area contributed by atoms with Gasteiger partial charge in [0.25, 0.3) is 0 Å². The smallest absolute Gasteiger partial charge is 0.0525 e. The molecule has 0 aliphatic rings. The molecule has 66 valence electrons. The molecule has 0 bridgehead atoms. The van der Waals surface area contributed by atoms with Crippen LogP contribution in [0.2, 0.25) is 0 Å². The molecule has 0 rings (SSSR count). The Hall–Kier alpha value is 0.360. The first kappa shape index (κ1) is 11.4. The van der Waals surface area contributed by atoms with E-state index in [4.69, 9.17) is 10.2 Å². The second-order valence-corrected chi connectivity index (χ2v) is 4.27. The molecule has 0 amide bonds. The van der Waals surface area contributed by atoms with Crippen molar-refractivity contribution in [3.63, 3.8) is 0 Å². The van der Waals surface area contributed by atoms with Crippen molar-refractivity contribution < 1.29 is 10.2 Å². The average Bonchev–Trinajstić information content (AvgIpc) is 2.01. The molecule has 0 aliphatic heterocycles. The molecule has 0 unspecified atom stereocenters. The van der Waals surface area contributed by atoms with E-state index in [2.05, 4.69) is 6.58 Å². The number of thioether (sulfide) groups is 2. The second kappa shape index (κ2) is 8.46. The van der Waals surface area contributed by atoms with E-state index in [9.17, 15) is 0 Å². The Morgan fingerprint density at radius 3 is 2.36 bits per heavy atom. The SMILES string of the molecule is C=C(CSCCO)SCCO. The normalized spacial score (nSPS) is 10.0. The first-order chi connectivity index (χ1) is 5.31. The predicted octanol–water partition coefficient (Wildman–Crippen LogP) is 0.951. The molecule has 0 atom stereocenters. The van der Waals surface area contributed by atoms with Gasteiger partial charge in [0.05, 0.1) is 13.2 Å². The maximum Gasteiger partial charge on any atom is 0.0525 e. The topological polar surface area (TPSA) is 40.5 Å². The summed E-state index contributed by atoms with van der Waals surface area (Å²) in [6, 6.07) is 0. The van der Waals surface area contributed by atoms with E-state index in [1.807, 2.05) is 0 Å².